The Labute approximate surface area is 139 Å². The molecule has 126 valence electrons. The lowest BCUT2D eigenvalue weighted by Crippen LogP contribution is -2.41. The summed E-state index contributed by atoms with van der Waals surface area (Å²) in [4.78, 5) is 38.1. The van der Waals surface area contributed by atoms with Gasteiger partial charge in [0.2, 0.25) is 5.91 Å². The molecule has 1 aliphatic rings. The maximum absolute atomic E-state index is 12.3. The van der Waals surface area contributed by atoms with Gasteiger partial charge >= 0.3 is 5.69 Å². The zero-order chi connectivity index (χ0) is 17.3. The Balaban J connectivity index is 1.66. The first-order chi connectivity index (χ1) is 11.4. The second kappa shape index (κ2) is 6.11. The lowest BCUT2D eigenvalue weighted by atomic mass is 10.0. The molecule has 2 aromatic rings. The van der Waals surface area contributed by atoms with Crippen LogP contribution in [0.5, 0.6) is 0 Å². The first-order valence-corrected chi connectivity index (χ1v) is 8.03. The van der Waals surface area contributed by atoms with Crippen molar-refractivity contribution in [3.8, 4) is 0 Å². The van der Waals surface area contributed by atoms with Crippen LogP contribution in [0.4, 0.5) is 0 Å². The van der Waals surface area contributed by atoms with Crippen LogP contribution in [0.2, 0.25) is 0 Å². The lowest BCUT2D eigenvalue weighted by molar-refractivity contribution is -0.121. The maximum atomic E-state index is 12.3. The molecule has 2 N–H and O–H groups in total. The molecule has 0 radical (unpaired) electrons. The number of aromatic amines is 1. The van der Waals surface area contributed by atoms with E-state index in [0.29, 0.717) is 5.56 Å². The van der Waals surface area contributed by atoms with Crippen molar-refractivity contribution in [3.63, 3.8) is 0 Å². The smallest absolute Gasteiger partial charge is 0.328 e. The Morgan fingerprint density at radius 3 is 2.54 bits per heavy atom. The average Bonchev–Trinajstić information content (AvgIpc) is 3.29. The van der Waals surface area contributed by atoms with Crippen molar-refractivity contribution in [3.05, 3.63) is 68.0 Å². The highest BCUT2D eigenvalue weighted by molar-refractivity contribution is 5.79. The monoisotopic (exact) mass is 327 g/mol. The number of amides is 1. The molecule has 24 heavy (non-hydrogen) atoms. The van der Waals surface area contributed by atoms with Crippen molar-refractivity contribution in [2.45, 2.75) is 38.1 Å². The molecule has 0 atom stereocenters. The average molecular weight is 327 g/mol. The van der Waals surface area contributed by atoms with Gasteiger partial charge in [-0.1, -0.05) is 29.8 Å². The van der Waals surface area contributed by atoms with Gasteiger partial charge in [0.25, 0.3) is 5.56 Å². The van der Waals surface area contributed by atoms with Crippen molar-refractivity contribution in [2.24, 2.45) is 7.05 Å². The van der Waals surface area contributed by atoms with Gasteiger partial charge in [0.05, 0.1) is 6.42 Å². The molecule has 0 bridgehead atoms. The summed E-state index contributed by atoms with van der Waals surface area (Å²) in [6, 6.07) is 8.30. The summed E-state index contributed by atoms with van der Waals surface area (Å²) in [6.45, 7) is 2.04. The Kier molecular flexibility index (Phi) is 4.13. The van der Waals surface area contributed by atoms with Gasteiger partial charge in [-0.3, -0.25) is 14.2 Å². The minimum absolute atomic E-state index is 0.0287. The molecule has 1 aromatic heterocycles. The Morgan fingerprint density at radius 1 is 1.25 bits per heavy atom. The molecule has 1 saturated carbocycles. The number of nitrogens with one attached hydrogen (secondary N) is 2. The molecular formula is C18H21N3O3. The Hall–Kier alpha value is -2.63. The summed E-state index contributed by atoms with van der Waals surface area (Å²) in [5.74, 6) is -0.191. The normalized spacial score (nSPS) is 15.1. The molecule has 0 unspecified atom stereocenters. The second-order valence-electron chi connectivity index (χ2n) is 6.65. The quantitative estimate of drug-likeness (QED) is 0.852. The standard InChI is InChI=1S/C18H21N3O3/c1-12-3-5-13(6-4-12)10-18(7-8-18)20-15(22)9-14-11-19-17(24)21(2)16(14)23/h3-6,11H,7-10H2,1-2H3,(H,19,24)(H,20,22). The zero-order valence-corrected chi connectivity index (χ0v) is 13.9. The number of carbonyl (C=O) groups is 1. The van der Waals surface area contributed by atoms with E-state index in [1.165, 1.54) is 24.4 Å². The molecule has 1 fully saturated rings. The van der Waals surface area contributed by atoms with Crippen LogP contribution in [0.15, 0.2) is 40.1 Å². The summed E-state index contributed by atoms with van der Waals surface area (Å²) in [5, 5.41) is 3.06. The molecule has 0 spiro atoms. The van der Waals surface area contributed by atoms with Gasteiger partial charge in [0.1, 0.15) is 0 Å². The van der Waals surface area contributed by atoms with Crippen molar-refractivity contribution in [1.29, 1.82) is 0 Å². The van der Waals surface area contributed by atoms with Gasteiger partial charge in [-0.15, -0.1) is 0 Å². The summed E-state index contributed by atoms with van der Waals surface area (Å²) >= 11 is 0. The minimum Gasteiger partial charge on any atom is -0.350 e. The molecule has 0 aliphatic heterocycles. The number of hydrogen-bond donors (Lipinski definition) is 2. The summed E-state index contributed by atoms with van der Waals surface area (Å²) < 4.78 is 0.974. The summed E-state index contributed by atoms with van der Waals surface area (Å²) in [6.07, 6.45) is 3.97. The van der Waals surface area contributed by atoms with Crippen LogP contribution in [0.25, 0.3) is 0 Å². The van der Waals surface area contributed by atoms with Crippen LogP contribution < -0.4 is 16.6 Å². The minimum atomic E-state index is -0.484. The maximum Gasteiger partial charge on any atom is 0.328 e. The first-order valence-electron chi connectivity index (χ1n) is 8.03. The van der Waals surface area contributed by atoms with Crippen LogP contribution >= 0.6 is 0 Å². The van der Waals surface area contributed by atoms with E-state index in [1.54, 1.807) is 0 Å². The summed E-state index contributed by atoms with van der Waals surface area (Å²) in [5.41, 5.74) is 1.58. The fraction of sp³-hybridized carbons (Fsp3) is 0.389. The van der Waals surface area contributed by atoms with E-state index in [-0.39, 0.29) is 17.9 Å². The number of carbonyl (C=O) groups excluding carboxylic acids is 1. The Morgan fingerprint density at radius 2 is 1.92 bits per heavy atom. The van der Waals surface area contributed by atoms with E-state index in [9.17, 15) is 14.4 Å². The predicted molar refractivity (Wildman–Crippen MR) is 91.0 cm³/mol. The molecular weight excluding hydrogens is 306 g/mol. The Bertz CT molecular complexity index is 874. The highest BCUT2D eigenvalue weighted by Gasteiger charge is 2.43. The fourth-order valence-corrected chi connectivity index (χ4v) is 2.85. The van der Waals surface area contributed by atoms with E-state index < -0.39 is 11.2 Å². The third kappa shape index (κ3) is 3.48. The van der Waals surface area contributed by atoms with Crippen molar-refractivity contribution in [1.82, 2.24) is 14.9 Å². The van der Waals surface area contributed by atoms with E-state index in [0.717, 1.165) is 23.8 Å². The van der Waals surface area contributed by atoms with Crippen LogP contribution in [-0.4, -0.2) is 21.0 Å². The van der Waals surface area contributed by atoms with Crippen molar-refractivity contribution >= 4 is 5.91 Å². The predicted octanol–water partition coefficient (Wildman–Crippen LogP) is 0.816. The number of benzene rings is 1. The molecule has 1 aromatic carbocycles. The van der Waals surface area contributed by atoms with E-state index in [4.69, 9.17) is 0 Å². The van der Waals surface area contributed by atoms with Crippen LogP contribution in [-0.2, 0) is 24.7 Å². The van der Waals surface area contributed by atoms with Crippen LogP contribution in [0.1, 0.15) is 29.5 Å². The molecule has 1 aliphatic carbocycles. The topological polar surface area (TPSA) is 84.0 Å². The van der Waals surface area contributed by atoms with E-state index >= 15 is 0 Å². The number of rotatable bonds is 5. The third-order valence-electron chi connectivity index (χ3n) is 4.53. The second-order valence-corrected chi connectivity index (χ2v) is 6.65. The van der Waals surface area contributed by atoms with Gasteiger partial charge < -0.3 is 10.3 Å². The SMILES string of the molecule is Cc1ccc(CC2(NC(=O)Cc3c[nH]c(=O)n(C)c3=O)CC2)cc1. The number of aryl methyl sites for hydroxylation is 1. The zero-order valence-electron chi connectivity index (χ0n) is 13.9. The van der Waals surface area contributed by atoms with Gasteiger partial charge in [-0.05, 0) is 31.7 Å². The number of nitrogens with zero attached hydrogens (tertiary/aromatic N) is 1. The molecule has 0 saturated heterocycles. The first kappa shape index (κ1) is 16.2. The van der Waals surface area contributed by atoms with Crippen LogP contribution in [0, 0.1) is 6.92 Å². The number of hydrogen-bond acceptors (Lipinski definition) is 3. The molecule has 3 rings (SSSR count). The molecule has 1 heterocycles. The van der Waals surface area contributed by atoms with E-state index in [1.807, 2.05) is 6.92 Å². The highest BCUT2D eigenvalue weighted by Crippen LogP contribution is 2.38. The van der Waals surface area contributed by atoms with Crippen molar-refractivity contribution in [2.75, 3.05) is 0 Å². The van der Waals surface area contributed by atoms with Gasteiger partial charge in [0.15, 0.2) is 0 Å². The lowest BCUT2D eigenvalue weighted by Gasteiger charge is -2.17. The van der Waals surface area contributed by atoms with Crippen molar-refractivity contribution < 1.29 is 4.79 Å². The van der Waals surface area contributed by atoms with Gasteiger partial charge in [0, 0.05) is 24.3 Å². The van der Waals surface area contributed by atoms with Gasteiger partial charge in [-0.25, -0.2) is 4.79 Å². The largest absolute Gasteiger partial charge is 0.350 e. The highest BCUT2D eigenvalue weighted by atomic mass is 16.2. The number of H-pyrrole nitrogens is 1. The molecule has 6 heteroatoms. The summed E-state index contributed by atoms with van der Waals surface area (Å²) in [7, 11) is 1.39. The molecule has 6 nitrogen and oxygen atoms in total. The van der Waals surface area contributed by atoms with E-state index in [2.05, 4.69) is 34.6 Å². The molecule has 1 amide bonds. The van der Waals surface area contributed by atoms with Gasteiger partial charge in [-0.2, -0.15) is 0 Å². The third-order valence-corrected chi connectivity index (χ3v) is 4.53. The van der Waals surface area contributed by atoms with Crippen LogP contribution in [0.3, 0.4) is 0 Å². The number of aromatic nitrogens is 2. The fourth-order valence-electron chi connectivity index (χ4n) is 2.85.